The molecule has 2 rings (SSSR count). The predicted octanol–water partition coefficient (Wildman–Crippen LogP) is 2.44. The number of thiazole rings is 1. The third-order valence-electron chi connectivity index (χ3n) is 2.41. The molecule has 2 heterocycles. The summed E-state index contributed by atoms with van der Waals surface area (Å²) in [5, 5.41) is 7.72. The van der Waals surface area contributed by atoms with E-state index in [4.69, 9.17) is 0 Å². The maximum absolute atomic E-state index is 4.44. The Morgan fingerprint density at radius 2 is 2.50 bits per heavy atom. The van der Waals surface area contributed by atoms with Gasteiger partial charge >= 0.3 is 0 Å². The summed E-state index contributed by atoms with van der Waals surface area (Å²) in [5.74, 6) is 1.26. The lowest BCUT2D eigenvalue weighted by Gasteiger charge is -2.09. The lowest BCUT2D eigenvalue weighted by Crippen LogP contribution is -2.28. The molecule has 4 heteroatoms. The first kappa shape index (κ1) is 10.5. The Morgan fingerprint density at radius 1 is 1.64 bits per heavy atom. The van der Waals surface area contributed by atoms with Crippen LogP contribution in [0.2, 0.25) is 0 Å². The zero-order chi connectivity index (χ0) is 9.97. The van der Waals surface area contributed by atoms with Gasteiger partial charge in [-0.25, -0.2) is 4.98 Å². The van der Waals surface area contributed by atoms with Crippen LogP contribution in [0.3, 0.4) is 0 Å². The Hall–Kier alpha value is -0.0600. The molecule has 0 spiro atoms. The Kier molecular flexibility index (Phi) is 3.47. The molecule has 1 N–H and O–H groups in total. The van der Waals surface area contributed by atoms with Crippen molar-refractivity contribution in [1.29, 1.82) is 0 Å². The van der Waals surface area contributed by atoms with E-state index in [9.17, 15) is 0 Å². The molecular weight excluding hydrogens is 212 g/mol. The van der Waals surface area contributed by atoms with Crippen LogP contribution in [-0.4, -0.2) is 22.0 Å². The maximum Gasteiger partial charge on any atom is 0.107 e. The van der Waals surface area contributed by atoms with Crippen molar-refractivity contribution in [1.82, 2.24) is 10.3 Å². The smallest absolute Gasteiger partial charge is 0.107 e. The fraction of sp³-hybridized carbons (Fsp3) is 0.700. The van der Waals surface area contributed by atoms with Crippen LogP contribution >= 0.6 is 23.1 Å². The molecule has 2 unspecified atom stereocenters. The molecule has 0 amide bonds. The average molecular weight is 228 g/mol. The Balaban J connectivity index is 1.77. The van der Waals surface area contributed by atoms with E-state index in [0.29, 0.717) is 6.04 Å². The van der Waals surface area contributed by atoms with Crippen molar-refractivity contribution in [3.05, 3.63) is 16.1 Å². The van der Waals surface area contributed by atoms with Crippen LogP contribution in [0, 0.1) is 6.92 Å². The monoisotopic (exact) mass is 228 g/mol. The van der Waals surface area contributed by atoms with Crippen LogP contribution in [0.15, 0.2) is 5.38 Å². The van der Waals surface area contributed by atoms with E-state index in [2.05, 4.69) is 34.4 Å². The van der Waals surface area contributed by atoms with E-state index in [1.165, 1.54) is 17.2 Å². The molecule has 0 bridgehead atoms. The van der Waals surface area contributed by atoms with E-state index in [1.807, 2.05) is 6.92 Å². The number of rotatable bonds is 3. The van der Waals surface area contributed by atoms with Gasteiger partial charge in [0.2, 0.25) is 0 Å². The molecule has 1 aliphatic heterocycles. The lowest BCUT2D eigenvalue weighted by molar-refractivity contribution is 0.537. The summed E-state index contributed by atoms with van der Waals surface area (Å²) in [4.78, 5) is 4.44. The largest absolute Gasteiger partial charge is 0.307 e. The zero-order valence-electron chi connectivity index (χ0n) is 8.62. The van der Waals surface area contributed by atoms with Gasteiger partial charge in [0.25, 0.3) is 0 Å². The Bertz CT molecular complexity index is 298. The standard InChI is InChI=1S/C10H16N2S2/c1-7-5-14-10(12-7)4-11-9-3-8(2)13-6-9/h5,8-9,11H,3-4,6H2,1-2H3. The number of nitrogens with zero attached hydrogens (tertiary/aromatic N) is 1. The molecule has 2 nitrogen and oxygen atoms in total. The highest BCUT2D eigenvalue weighted by atomic mass is 32.2. The molecule has 1 fully saturated rings. The van der Waals surface area contributed by atoms with Gasteiger partial charge in [-0.15, -0.1) is 11.3 Å². The number of aryl methyl sites for hydroxylation is 1. The van der Waals surface area contributed by atoms with Gasteiger partial charge in [-0.3, -0.25) is 0 Å². The minimum absolute atomic E-state index is 0.694. The van der Waals surface area contributed by atoms with Crippen LogP contribution in [-0.2, 0) is 6.54 Å². The summed E-state index contributed by atoms with van der Waals surface area (Å²) in [5.41, 5.74) is 1.14. The van der Waals surface area contributed by atoms with Crippen molar-refractivity contribution < 1.29 is 0 Å². The first-order valence-electron chi connectivity index (χ1n) is 5.00. The van der Waals surface area contributed by atoms with Crippen molar-refractivity contribution in [3.8, 4) is 0 Å². The van der Waals surface area contributed by atoms with Crippen LogP contribution in [0.1, 0.15) is 24.0 Å². The van der Waals surface area contributed by atoms with Crippen molar-refractivity contribution in [3.63, 3.8) is 0 Å². The van der Waals surface area contributed by atoms with Gasteiger partial charge in [0.1, 0.15) is 5.01 Å². The topological polar surface area (TPSA) is 24.9 Å². The summed E-state index contributed by atoms with van der Waals surface area (Å²) >= 11 is 3.82. The van der Waals surface area contributed by atoms with Crippen molar-refractivity contribution in [2.45, 2.75) is 38.1 Å². The van der Waals surface area contributed by atoms with Gasteiger partial charge in [0, 0.05) is 34.7 Å². The molecular formula is C10H16N2S2. The number of aromatic nitrogens is 1. The number of thioether (sulfide) groups is 1. The number of hydrogen-bond donors (Lipinski definition) is 1. The highest BCUT2D eigenvalue weighted by Crippen LogP contribution is 2.26. The van der Waals surface area contributed by atoms with Gasteiger partial charge in [-0.2, -0.15) is 11.8 Å². The van der Waals surface area contributed by atoms with Crippen LogP contribution < -0.4 is 5.32 Å². The van der Waals surface area contributed by atoms with Crippen LogP contribution in [0.25, 0.3) is 0 Å². The van der Waals surface area contributed by atoms with E-state index in [0.717, 1.165) is 17.5 Å². The maximum atomic E-state index is 4.44. The molecule has 1 saturated heterocycles. The lowest BCUT2D eigenvalue weighted by atomic mass is 10.2. The third kappa shape index (κ3) is 2.72. The summed E-state index contributed by atoms with van der Waals surface area (Å²) in [7, 11) is 0. The molecule has 1 aromatic rings. The van der Waals surface area contributed by atoms with Gasteiger partial charge < -0.3 is 5.32 Å². The van der Waals surface area contributed by atoms with Crippen molar-refractivity contribution in [2.24, 2.45) is 0 Å². The molecule has 0 aromatic carbocycles. The second-order valence-electron chi connectivity index (χ2n) is 3.84. The summed E-state index contributed by atoms with van der Waals surface area (Å²) in [6.45, 7) is 5.30. The molecule has 0 aliphatic carbocycles. The first-order valence-corrected chi connectivity index (χ1v) is 6.93. The highest BCUT2D eigenvalue weighted by molar-refractivity contribution is 8.00. The second-order valence-corrected chi connectivity index (χ2v) is 6.25. The quantitative estimate of drug-likeness (QED) is 0.860. The molecule has 0 saturated carbocycles. The highest BCUT2D eigenvalue weighted by Gasteiger charge is 2.21. The third-order valence-corrected chi connectivity index (χ3v) is 4.73. The van der Waals surface area contributed by atoms with E-state index >= 15 is 0 Å². The minimum Gasteiger partial charge on any atom is -0.307 e. The van der Waals surface area contributed by atoms with Crippen molar-refractivity contribution >= 4 is 23.1 Å². The van der Waals surface area contributed by atoms with Gasteiger partial charge in [-0.1, -0.05) is 6.92 Å². The first-order chi connectivity index (χ1) is 6.74. The molecule has 1 aliphatic rings. The van der Waals surface area contributed by atoms with E-state index in [-0.39, 0.29) is 0 Å². The fourth-order valence-electron chi connectivity index (χ4n) is 1.67. The molecule has 0 radical (unpaired) electrons. The predicted molar refractivity (Wildman–Crippen MR) is 64.0 cm³/mol. The number of hydrogen-bond acceptors (Lipinski definition) is 4. The molecule has 14 heavy (non-hydrogen) atoms. The molecule has 1 aromatic heterocycles. The second kappa shape index (κ2) is 4.64. The summed E-state index contributed by atoms with van der Waals surface area (Å²) < 4.78 is 0. The fourth-order valence-corrected chi connectivity index (χ4v) is 3.58. The Labute approximate surface area is 93.5 Å². The van der Waals surface area contributed by atoms with E-state index < -0.39 is 0 Å². The van der Waals surface area contributed by atoms with Crippen LogP contribution in [0.4, 0.5) is 0 Å². The number of nitrogens with one attached hydrogen (secondary N) is 1. The van der Waals surface area contributed by atoms with Gasteiger partial charge in [0.15, 0.2) is 0 Å². The SMILES string of the molecule is Cc1csc(CNC2CSC(C)C2)n1. The van der Waals surface area contributed by atoms with Crippen LogP contribution in [0.5, 0.6) is 0 Å². The van der Waals surface area contributed by atoms with Gasteiger partial charge in [-0.05, 0) is 13.3 Å². The van der Waals surface area contributed by atoms with E-state index in [1.54, 1.807) is 11.3 Å². The molecule has 78 valence electrons. The van der Waals surface area contributed by atoms with Gasteiger partial charge in [0.05, 0.1) is 0 Å². The normalized spacial score (nSPS) is 27.0. The average Bonchev–Trinajstić information content (AvgIpc) is 2.72. The summed E-state index contributed by atoms with van der Waals surface area (Å²) in [6.07, 6.45) is 1.30. The minimum atomic E-state index is 0.694. The molecule has 2 atom stereocenters. The zero-order valence-corrected chi connectivity index (χ0v) is 10.3. The summed E-state index contributed by atoms with van der Waals surface area (Å²) in [6, 6.07) is 0.694. The van der Waals surface area contributed by atoms with Crippen molar-refractivity contribution in [2.75, 3.05) is 5.75 Å². The Morgan fingerprint density at radius 3 is 3.07 bits per heavy atom.